The van der Waals surface area contributed by atoms with Crippen LogP contribution in [0.25, 0.3) is 33.9 Å². The van der Waals surface area contributed by atoms with Crippen molar-refractivity contribution in [3.05, 3.63) is 48.1 Å². The molecule has 18 heavy (non-hydrogen) atoms. The molecule has 3 heteroatoms. The minimum absolute atomic E-state index is 0.797. The average molecular weight is 232 g/mol. The van der Waals surface area contributed by atoms with Gasteiger partial charge in [-0.2, -0.15) is 0 Å². The Hall–Kier alpha value is -2.64. The molecule has 1 aromatic carbocycles. The minimum Gasteiger partial charge on any atom is -0.455 e. The fourth-order valence-electron chi connectivity index (χ4n) is 2.25. The molecule has 4 rings (SSSR count). The van der Waals surface area contributed by atoms with Crippen LogP contribution in [0.5, 0.6) is 0 Å². The van der Waals surface area contributed by atoms with Crippen molar-refractivity contribution in [2.75, 3.05) is 0 Å². The molecule has 1 aliphatic heterocycles. The highest BCUT2D eigenvalue weighted by molar-refractivity contribution is 6.02. The largest absolute Gasteiger partial charge is 0.455 e. The van der Waals surface area contributed by atoms with Gasteiger partial charge < -0.3 is 4.42 Å². The minimum atomic E-state index is 0.797. The third-order valence-electron chi connectivity index (χ3n) is 3.10. The molecule has 0 spiro atoms. The van der Waals surface area contributed by atoms with Gasteiger partial charge in [-0.3, -0.25) is 4.98 Å². The number of aromatic nitrogens is 1. The van der Waals surface area contributed by atoms with Crippen LogP contribution in [0.4, 0.5) is 0 Å². The predicted molar refractivity (Wildman–Crippen MR) is 72.4 cm³/mol. The number of hydrogen-bond donors (Lipinski definition) is 0. The van der Waals surface area contributed by atoms with Crippen LogP contribution in [0.15, 0.2) is 46.2 Å². The van der Waals surface area contributed by atoms with Crippen LogP contribution in [-0.2, 0) is 0 Å². The Morgan fingerprint density at radius 1 is 1.17 bits per heavy atom. The zero-order chi connectivity index (χ0) is 11.9. The highest BCUT2D eigenvalue weighted by Gasteiger charge is 2.11. The first-order chi connectivity index (χ1) is 8.92. The maximum absolute atomic E-state index is 5.83. The van der Waals surface area contributed by atoms with Gasteiger partial charge in [0.05, 0.1) is 0 Å². The van der Waals surface area contributed by atoms with Gasteiger partial charge in [-0.1, -0.05) is 0 Å². The summed E-state index contributed by atoms with van der Waals surface area (Å²) in [7, 11) is 0. The number of fused-ring (bicyclic) bond motifs is 4. The molecule has 84 valence electrons. The quantitative estimate of drug-likeness (QED) is 0.593. The van der Waals surface area contributed by atoms with E-state index >= 15 is 0 Å². The van der Waals surface area contributed by atoms with Gasteiger partial charge in [-0.05, 0) is 35.5 Å². The molecule has 2 aromatic heterocycles. The summed E-state index contributed by atoms with van der Waals surface area (Å²) in [5, 5.41) is 3.32. The van der Waals surface area contributed by atoms with E-state index in [1.807, 2.05) is 24.4 Å². The molecule has 1 aliphatic rings. The van der Waals surface area contributed by atoms with Crippen molar-refractivity contribution in [3.8, 4) is 0 Å². The van der Waals surface area contributed by atoms with Gasteiger partial charge in [-0.15, -0.1) is 0 Å². The maximum atomic E-state index is 5.83. The summed E-state index contributed by atoms with van der Waals surface area (Å²) >= 11 is 0. The van der Waals surface area contributed by atoms with Gasteiger partial charge in [0.2, 0.25) is 0 Å². The van der Waals surface area contributed by atoms with Crippen LogP contribution in [0, 0.1) is 0 Å². The Morgan fingerprint density at radius 2 is 2.17 bits per heavy atom. The van der Waals surface area contributed by atoms with Crippen LogP contribution in [0.3, 0.4) is 0 Å². The summed E-state index contributed by atoms with van der Waals surface area (Å²) in [5.74, 6) is 3.61. The number of pyridine rings is 1. The Bertz CT molecular complexity index is 865. The van der Waals surface area contributed by atoms with E-state index in [-0.39, 0.29) is 0 Å². The van der Waals surface area contributed by atoms with Crippen molar-refractivity contribution >= 4 is 39.8 Å². The lowest BCUT2D eigenvalue weighted by atomic mass is 10.1. The molecule has 0 fully saturated rings. The summed E-state index contributed by atoms with van der Waals surface area (Å²) in [5.41, 5.74) is 1.92. The Morgan fingerprint density at radius 3 is 3.17 bits per heavy atom. The highest BCUT2D eigenvalue weighted by atomic mass is 16.3. The number of aliphatic imine (C=N–C) groups is 1. The fourth-order valence-corrected chi connectivity index (χ4v) is 2.25. The molecule has 0 amide bonds. The van der Waals surface area contributed by atoms with Crippen LogP contribution < -0.4 is 0 Å². The second-order valence-electron chi connectivity index (χ2n) is 4.17. The molecule has 0 aliphatic carbocycles. The van der Waals surface area contributed by atoms with E-state index in [1.165, 1.54) is 0 Å². The zero-order valence-electron chi connectivity index (χ0n) is 9.42. The molecule has 0 bridgehead atoms. The number of rotatable bonds is 0. The lowest BCUT2D eigenvalue weighted by Crippen LogP contribution is -1.76. The first-order valence-electron chi connectivity index (χ1n) is 5.67. The second-order valence-corrected chi connectivity index (χ2v) is 4.17. The fraction of sp³-hybridized carbons (Fsp3) is 0. The third-order valence-corrected chi connectivity index (χ3v) is 3.10. The Balaban J connectivity index is 2.17. The lowest BCUT2D eigenvalue weighted by Gasteiger charge is -1.96. The van der Waals surface area contributed by atoms with Crippen molar-refractivity contribution in [2.24, 2.45) is 4.99 Å². The van der Waals surface area contributed by atoms with E-state index < -0.39 is 0 Å². The first kappa shape index (κ1) is 9.40. The van der Waals surface area contributed by atoms with E-state index in [0.717, 1.165) is 33.1 Å². The molecule has 3 aromatic rings. The molecule has 0 N–H and O–H groups in total. The number of hydrogen-bond acceptors (Lipinski definition) is 3. The van der Waals surface area contributed by atoms with Gasteiger partial charge in [0.1, 0.15) is 11.3 Å². The topological polar surface area (TPSA) is 38.4 Å². The highest BCUT2D eigenvalue weighted by Crippen LogP contribution is 2.31. The van der Waals surface area contributed by atoms with Crippen molar-refractivity contribution in [1.29, 1.82) is 0 Å². The Kier molecular flexibility index (Phi) is 1.79. The van der Waals surface area contributed by atoms with E-state index in [1.54, 1.807) is 18.5 Å². The van der Waals surface area contributed by atoms with Gasteiger partial charge in [-0.25, -0.2) is 4.99 Å². The third kappa shape index (κ3) is 1.25. The summed E-state index contributed by atoms with van der Waals surface area (Å²) in [6.45, 7) is 0. The molecular formula is C15H8N2O. The molecule has 0 unspecified atom stereocenters. The molecule has 3 heterocycles. The molecule has 0 atom stereocenters. The smallest absolute Gasteiger partial charge is 0.144 e. The molecule has 0 saturated heterocycles. The first-order valence-corrected chi connectivity index (χ1v) is 5.67. The molecule has 3 nitrogen and oxygen atoms in total. The number of nitrogens with zero attached hydrogens (tertiary/aromatic N) is 2. The van der Waals surface area contributed by atoms with Crippen molar-refractivity contribution in [3.63, 3.8) is 0 Å². The predicted octanol–water partition coefficient (Wildman–Crippen LogP) is 3.65. The van der Waals surface area contributed by atoms with Gasteiger partial charge in [0, 0.05) is 41.0 Å². The molecule has 0 radical (unpaired) electrons. The SMILES string of the molecule is C1=Cc2oc3cc4ccncc4cc3c2C=CN=1. The normalized spacial score (nSPS) is 13.1. The van der Waals surface area contributed by atoms with E-state index in [0.29, 0.717) is 0 Å². The average Bonchev–Trinajstić information content (AvgIpc) is 2.59. The summed E-state index contributed by atoms with van der Waals surface area (Å²) < 4.78 is 5.83. The van der Waals surface area contributed by atoms with Crippen LogP contribution >= 0.6 is 0 Å². The number of benzene rings is 1. The van der Waals surface area contributed by atoms with Gasteiger partial charge >= 0.3 is 0 Å². The Labute approximate surface area is 103 Å². The van der Waals surface area contributed by atoms with Crippen molar-refractivity contribution in [1.82, 2.24) is 4.98 Å². The van der Waals surface area contributed by atoms with E-state index in [4.69, 9.17) is 4.42 Å². The summed E-state index contributed by atoms with van der Waals surface area (Å²) in [6.07, 6.45) is 9.08. The van der Waals surface area contributed by atoms with Crippen molar-refractivity contribution < 1.29 is 4.42 Å². The maximum Gasteiger partial charge on any atom is 0.144 e. The van der Waals surface area contributed by atoms with Crippen LogP contribution in [0.2, 0.25) is 0 Å². The molecule has 0 saturated carbocycles. The second kappa shape index (κ2) is 3.42. The van der Waals surface area contributed by atoms with E-state index in [9.17, 15) is 0 Å². The van der Waals surface area contributed by atoms with Gasteiger partial charge in [0.25, 0.3) is 0 Å². The monoisotopic (exact) mass is 232 g/mol. The van der Waals surface area contributed by atoms with Crippen LogP contribution in [-0.4, -0.2) is 10.9 Å². The van der Waals surface area contributed by atoms with Gasteiger partial charge in [0.15, 0.2) is 0 Å². The van der Waals surface area contributed by atoms with Crippen LogP contribution in [0.1, 0.15) is 11.3 Å². The number of furan rings is 1. The van der Waals surface area contributed by atoms with Crippen molar-refractivity contribution in [2.45, 2.75) is 0 Å². The lowest BCUT2D eigenvalue weighted by molar-refractivity contribution is 0.604. The summed E-state index contributed by atoms with van der Waals surface area (Å²) in [6, 6.07) is 6.12. The van der Waals surface area contributed by atoms with E-state index in [2.05, 4.69) is 21.9 Å². The zero-order valence-corrected chi connectivity index (χ0v) is 9.42. The summed E-state index contributed by atoms with van der Waals surface area (Å²) in [4.78, 5) is 8.12. The molecular weight excluding hydrogens is 224 g/mol. The standard InChI is InChI=1S/C15H8N2O/c1-4-17-9-11-7-13-12-2-5-16-6-3-14(12)18-15(13)8-10(1)11/h1-5,7-9H.